The van der Waals surface area contributed by atoms with Crippen LogP contribution in [0.3, 0.4) is 0 Å². The van der Waals surface area contributed by atoms with Crippen molar-refractivity contribution in [1.82, 2.24) is 4.90 Å². The molecule has 0 unspecified atom stereocenters. The lowest BCUT2D eigenvalue weighted by Crippen LogP contribution is -2.23. The van der Waals surface area contributed by atoms with Crippen LogP contribution in [0.15, 0.2) is 34.5 Å². The molecule has 1 aliphatic carbocycles. The van der Waals surface area contributed by atoms with Gasteiger partial charge in [0, 0.05) is 24.0 Å². The predicted molar refractivity (Wildman–Crippen MR) is 110 cm³/mol. The Morgan fingerprint density at radius 1 is 1.20 bits per heavy atom. The van der Waals surface area contributed by atoms with Crippen LogP contribution in [0.25, 0.3) is 0 Å². The van der Waals surface area contributed by atoms with E-state index < -0.39 is 21.8 Å². The number of thiophene rings is 1. The number of halogens is 3. The molecule has 0 bridgehead atoms. The minimum absolute atomic E-state index is 0.0431. The van der Waals surface area contributed by atoms with Gasteiger partial charge in [-0.15, -0.1) is 11.3 Å². The van der Waals surface area contributed by atoms with Gasteiger partial charge in [0.15, 0.2) is 0 Å². The van der Waals surface area contributed by atoms with Crippen LogP contribution < -0.4 is 9.46 Å². The van der Waals surface area contributed by atoms with Crippen LogP contribution in [0.2, 0.25) is 0 Å². The van der Waals surface area contributed by atoms with Gasteiger partial charge in [0.2, 0.25) is 0 Å². The lowest BCUT2D eigenvalue weighted by atomic mass is 10.1. The van der Waals surface area contributed by atoms with Gasteiger partial charge in [0.25, 0.3) is 10.0 Å². The molecule has 0 amide bonds. The summed E-state index contributed by atoms with van der Waals surface area (Å²) in [5.74, 6) is 0.278. The molecule has 2 aliphatic rings. The molecule has 1 atom stereocenters. The van der Waals surface area contributed by atoms with Crippen LogP contribution in [0, 0.1) is 5.92 Å². The Bertz CT molecular complexity index is 1020. The molecule has 1 aliphatic heterocycles. The third-order valence-corrected chi connectivity index (χ3v) is 8.25. The summed E-state index contributed by atoms with van der Waals surface area (Å²) in [6.45, 7) is 1.26. The highest BCUT2D eigenvalue weighted by Crippen LogP contribution is 2.39. The fourth-order valence-electron chi connectivity index (χ4n) is 3.51. The zero-order valence-electron chi connectivity index (χ0n) is 16.4. The van der Waals surface area contributed by atoms with E-state index in [-0.39, 0.29) is 21.8 Å². The van der Waals surface area contributed by atoms with Gasteiger partial charge in [-0.1, -0.05) is 0 Å². The van der Waals surface area contributed by atoms with Crippen LogP contribution in [-0.4, -0.2) is 39.6 Å². The van der Waals surface area contributed by atoms with Gasteiger partial charge in [-0.05, 0) is 62.9 Å². The van der Waals surface area contributed by atoms with Gasteiger partial charge in [0.1, 0.15) is 16.1 Å². The number of likely N-dealkylation sites (tertiary alicyclic amines) is 1. The molecular formula is C20H23F3N2O3S2. The lowest BCUT2D eigenvalue weighted by molar-refractivity contribution is -0.139. The summed E-state index contributed by atoms with van der Waals surface area (Å²) >= 11 is 1.20. The molecule has 1 aromatic heterocycles. The van der Waals surface area contributed by atoms with Crippen molar-refractivity contribution in [1.29, 1.82) is 0 Å². The highest BCUT2D eigenvalue weighted by atomic mass is 32.2. The van der Waals surface area contributed by atoms with E-state index in [0.29, 0.717) is 18.9 Å². The molecule has 1 saturated heterocycles. The third-order valence-electron chi connectivity index (χ3n) is 5.27. The first kappa shape index (κ1) is 21.5. The minimum Gasteiger partial charge on any atom is -0.488 e. The van der Waals surface area contributed by atoms with Gasteiger partial charge in [0.05, 0.1) is 11.3 Å². The SMILES string of the molecule is CN1CC[C@@H](Oc2cc(NS(=O)(=O)c3ccc(CC4CC4)s3)ccc2C(F)(F)F)C1. The number of sulfonamides is 1. The molecule has 1 N–H and O–H groups in total. The quantitative estimate of drug-likeness (QED) is 0.656. The molecule has 30 heavy (non-hydrogen) atoms. The first-order valence-corrected chi connectivity index (χ1v) is 12.1. The van der Waals surface area contributed by atoms with Crippen molar-refractivity contribution >= 4 is 27.0 Å². The standard InChI is InChI=1S/C20H23F3N2O3S2/c1-25-9-8-15(12-25)28-18-11-14(4-6-17(18)20(21,22)23)24-30(26,27)19-7-5-16(29-19)10-13-2-3-13/h4-7,11,13,15,24H,2-3,8-10,12H2,1H3/t15-/m1/s1. The smallest absolute Gasteiger partial charge is 0.419 e. The molecule has 2 aromatic rings. The molecule has 1 aromatic carbocycles. The summed E-state index contributed by atoms with van der Waals surface area (Å²) < 4.78 is 73.9. The molecule has 164 valence electrons. The Hall–Kier alpha value is -1.78. The second kappa shape index (κ2) is 8.05. The number of benzene rings is 1. The van der Waals surface area contributed by atoms with Crippen LogP contribution in [0.4, 0.5) is 18.9 Å². The zero-order valence-corrected chi connectivity index (χ0v) is 18.0. The van der Waals surface area contributed by atoms with Gasteiger partial charge >= 0.3 is 6.18 Å². The Balaban J connectivity index is 1.55. The van der Waals surface area contributed by atoms with Crippen LogP contribution in [0.1, 0.15) is 29.7 Å². The Morgan fingerprint density at radius 3 is 2.60 bits per heavy atom. The van der Waals surface area contributed by atoms with E-state index in [1.165, 1.54) is 24.2 Å². The summed E-state index contributed by atoms with van der Waals surface area (Å²) in [7, 11) is -2.01. The average molecular weight is 461 g/mol. The minimum atomic E-state index is -4.59. The molecule has 10 heteroatoms. The monoisotopic (exact) mass is 460 g/mol. The van der Waals surface area contributed by atoms with Crippen LogP contribution in [0.5, 0.6) is 5.75 Å². The maximum atomic E-state index is 13.4. The van der Waals surface area contributed by atoms with Crippen molar-refractivity contribution in [2.45, 2.75) is 42.2 Å². The third kappa shape index (κ3) is 5.09. The second-order valence-electron chi connectivity index (χ2n) is 7.97. The molecule has 4 rings (SSSR count). The highest BCUT2D eigenvalue weighted by Gasteiger charge is 2.36. The van der Waals surface area contributed by atoms with E-state index in [0.717, 1.165) is 36.0 Å². The maximum absolute atomic E-state index is 13.4. The van der Waals surface area contributed by atoms with E-state index in [4.69, 9.17) is 4.74 Å². The normalized spacial score (nSPS) is 20.5. The van der Waals surface area contributed by atoms with Gasteiger partial charge < -0.3 is 9.64 Å². The summed E-state index contributed by atoms with van der Waals surface area (Å²) in [5.41, 5.74) is -0.871. The molecule has 5 nitrogen and oxygen atoms in total. The molecule has 2 heterocycles. The summed E-state index contributed by atoms with van der Waals surface area (Å²) in [5, 5.41) is 0. The molecule has 0 radical (unpaired) electrons. The number of alkyl halides is 3. The van der Waals surface area contributed by atoms with Crippen molar-refractivity contribution in [2.24, 2.45) is 5.92 Å². The molecule has 1 saturated carbocycles. The van der Waals surface area contributed by atoms with Crippen LogP contribution >= 0.6 is 11.3 Å². The van der Waals surface area contributed by atoms with Crippen LogP contribution in [-0.2, 0) is 22.6 Å². The number of anilines is 1. The van der Waals surface area contributed by atoms with Crippen molar-refractivity contribution in [3.63, 3.8) is 0 Å². The number of nitrogens with zero attached hydrogens (tertiary/aromatic N) is 1. The maximum Gasteiger partial charge on any atom is 0.419 e. The number of ether oxygens (including phenoxy) is 1. The van der Waals surface area contributed by atoms with E-state index in [1.54, 1.807) is 12.1 Å². The number of rotatable bonds is 7. The fourth-order valence-corrected chi connectivity index (χ4v) is 6.03. The number of hydrogen-bond acceptors (Lipinski definition) is 5. The average Bonchev–Trinajstić information content (AvgIpc) is 3.15. The Kier molecular flexibility index (Phi) is 5.75. The van der Waals surface area contributed by atoms with Gasteiger partial charge in [-0.3, -0.25) is 4.72 Å². The number of hydrogen-bond donors (Lipinski definition) is 1. The first-order chi connectivity index (χ1) is 14.1. The molecule has 0 spiro atoms. The zero-order chi connectivity index (χ0) is 21.5. The highest BCUT2D eigenvalue weighted by molar-refractivity contribution is 7.94. The fraction of sp³-hybridized carbons (Fsp3) is 0.500. The summed E-state index contributed by atoms with van der Waals surface area (Å²) in [6, 6.07) is 6.44. The molecular weight excluding hydrogens is 437 g/mol. The largest absolute Gasteiger partial charge is 0.488 e. The van der Waals surface area contributed by atoms with Crippen molar-refractivity contribution in [3.8, 4) is 5.75 Å². The van der Waals surface area contributed by atoms with E-state index >= 15 is 0 Å². The van der Waals surface area contributed by atoms with Gasteiger partial charge in [-0.25, -0.2) is 8.42 Å². The lowest BCUT2D eigenvalue weighted by Gasteiger charge is -2.19. The van der Waals surface area contributed by atoms with Crippen molar-refractivity contribution < 1.29 is 26.3 Å². The van der Waals surface area contributed by atoms with Gasteiger partial charge in [-0.2, -0.15) is 13.2 Å². The van der Waals surface area contributed by atoms with Crippen molar-refractivity contribution in [2.75, 3.05) is 24.9 Å². The predicted octanol–water partition coefficient (Wildman–Crippen LogP) is 4.60. The van der Waals surface area contributed by atoms with Crippen molar-refractivity contribution in [3.05, 3.63) is 40.8 Å². The summed E-state index contributed by atoms with van der Waals surface area (Å²) in [4.78, 5) is 2.97. The summed E-state index contributed by atoms with van der Waals surface area (Å²) in [6.07, 6.45) is -1.14. The first-order valence-electron chi connectivity index (χ1n) is 9.78. The topological polar surface area (TPSA) is 58.6 Å². The molecule has 2 fully saturated rings. The Labute approximate surface area is 177 Å². The van der Waals surface area contributed by atoms with E-state index in [1.807, 2.05) is 11.9 Å². The number of nitrogens with one attached hydrogen (secondary N) is 1. The second-order valence-corrected chi connectivity index (χ2v) is 11.1. The van der Waals surface area contributed by atoms with E-state index in [2.05, 4.69) is 4.72 Å². The Morgan fingerprint density at radius 2 is 1.97 bits per heavy atom. The van der Waals surface area contributed by atoms with E-state index in [9.17, 15) is 21.6 Å². The number of likely N-dealkylation sites (N-methyl/N-ethyl adjacent to an activating group) is 1.